The van der Waals surface area contributed by atoms with Crippen LogP contribution in [0.2, 0.25) is 0 Å². The molecule has 0 saturated carbocycles. The molecule has 22 heavy (non-hydrogen) atoms. The summed E-state index contributed by atoms with van der Waals surface area (Å²) >= 11 is 0. The molecule has 110 valence electrons. The Morgan fingerprint density at radius 3 is 2.91 bits per heavy atom. The van der Waals surface area contributed by atoms with Gasteiger partial charge in [-0.25, -0.2) is 15.0 Å². The average molecular weight is 294 g/mol. The molecule has 1 aliphatic rings. The fourth-order valence-electron chi connectivity index (χ4n) is 2.72. The molecule has 3 aromatic rings. The minimum absolute atomic E-state index is 0.0532. The molecule has 7 nitrogen and oxygen atoms in total. The van der Waals surface area contributed by atoms with E-state index in [0.29, 0.717) is 23.5 Å². The van der Waals surface area contributed by atoms with Crippen LogP contribution in [0.1, 0.15) is 6.42 Å². The van der Waals surface area contributed by atoms with Crippen molar-refractivity contribution in [3.05, 3.63) is 43.0 Å². The van der Waals surface area contributed by atoms with Crippen LogP contribution >= 0.6 is 0 Å². The van der Waals surface area contributed by atoms with Crippen molar-refractivity contribution in [1.29, 1.82) is 0 Å². The van der Waals surface area contributed by atoms with Crippen molar-refractivity contribution in [2.45, 2.75) is 12.5 Å². The highest BCUT2D eigenvalue weighted by atomic mass is 16.2. The van der Waals surface area contributed by atoms with Crippen molar-refractivity contribution in [2.75, 3.05) is 16.8 Å². The fourth-order valence-corrected chi connectivity index (χ4v) is 2.72. The Hall–Kier alpha value is -2.96. The van der Waals surface area contributed by atoms with Gasteiger partial charge in [0.2, 0.25) is 5.91 Å². The molecule has 0 aliphatic carbocycles. The summed E-state index contributed by atoms with van der Waals surface area (Å²) in [5.74, 6) is 0.660. The maximum atomic E-state index is 12.6. The lowest BCUT2D eigenvalue weighted by Gasteiger charge is -2.17. The molecule has 1 saturated heterocycles. The predicted molar refractivity (Wildman–Crippen MR) is 82.5 cm³/mol. The lowest BCUT2D eigenvalue weighted by molar-refractivity contribution is -0.117. The topological polar surface area (TPSA) is 86.8 Å². The molecule has 4 rings (SSSR count). The van der Waals surface area contributed by atoms with Gasteiger partial charge in [-0.1, -0.05) is 18.2 Å². The molecule has 2 N–H and O–H groups in total. The first-order valence-corrected chi connectivity index (χ1v) is 7.10. The first kappa shape index (κ1) is 12.8. The lowest BCUT2D eigenvalue weighted by atomic mass is 10.2. The molecule has 7 heteroatoms. The minimum atomic E-state index is -0.290. The van der Waals surface area contributed by atoms with Gasteiger partial charge in [-0.2, -0.15) is 0 Å². The third-order valence-electron chi connectivity index (χ3n) is 3.81. The van der Waals surface area contributed by atoms with E-state index in [-0.39, 0.29) is 11.9 Å². The zero-order valence-corrected chi connectivity index (χ0v) is 11.7. The minimum Gasteiger partial charge on any atom is -0.356 e. The van der Waals surface area contributed by atoms with Crippen molar-refractivity contribution in [3.63, 3.8) is 0 Å². The SMILES string of the molecule is O=C1C(Nc2ncnc3nc[nH]c23)CCN1c1ccccc1. The number of amides is 1. The molecule has 1 fully saturated rings. The van der Waals surface area contributed by atoms with Gasteiger partial charge in [0.15, 0.2) is 11.5 Å². The Bertz CT molecular complexity index is 815. The standard InChI is InChI=1S/C15H14N6O/c22-15-11(6-7-21(15)10-4-2-1-3-5-10)20-14-12-13(17-8-16-12)18-9-19-14/h1-5,8-9,11H,6-7H2,(H2,16,17,18,19,20). The Balaban J connectivity index is 1.57. The van der Waals surface area contributed by atoms with E-state index in [1.165, 1.54) is 6.33 Å². The fraction of sp³-hybridized carbons (Fsp3) is 0.200. The summed E-state index contributed by atoms with van der Waals surface area (Å²) in [6, 6.07) is 9.40. The van der Waals surface area contributed by atoms with Crippen LogP contribution in [0, 0.1) is 0 Å². The second kappa shape index (κ2) is 5.10. The normalized spacial score (nSPS) is 18.1. The van der Waals surface area contributed by atoms with Crippen molar-refractivity contribution in [3.8, 4) is 0 Å². The number of nitrogens with zero attached hydrogens (tertiary/aromatic N) is 4. The van der Waals surface area contributed by atoms with Crippen LogP contribution in [0.5, 0.6) is 0 Å². The Kier molecular flexibility index (Phi) is 2.96. The van der Waals surface area contributed by atoms with Gasteiger partial charge in [-0.3, -0.25) is 4.79 Å². The number of imidazole rings is 1. The van der Waals surface area contributed by atoms with Crippen LogP contribution in [-0.4, -0.2) is 38.4 Å². The molecule has 0 radical (unpaired) electrons. The summed E-state index contributed by atoms with van der Waals surface area (Å²) < 4.78 is 0. The largest absolute Gasteiger partial charge is 0.356 e. The maximum Gasteiger partial charge on any atom is 0.249 e. The monoisotopic (exact) mass is 294 g/mol. The van der Waals surface area contributed by atoms with E-state index >= 15 is 0 Å². The number of carbonyl (C=O) groups excluding carboxylic acids is 1. The van der Waals surface area contributed by atoms with Crippen molar-refractivity contribution < 1.29 is 4.79 Å². The van der Waals surface area contributed by atoms with Crippen LogP contribution in [0.4, 0.5) is 11.5 Å². The number of nitrogens with one attached hydrogen (secondary N) is 2. The second-order valence-electron chi connectivity index (χ2n) is 5.13. The van der Waals surface area contributed by atoms with Crippen molar-refractivity contribution >= 4 is 28.6 Å². The molecular formula is C15H14N6O. The summed E-state index contributed by atoms with van der Waals surface area (Å²) in [5, 5.41) is 3.21. The van der Waals surface area contributed by atoms with Crippen molar-refractivity contribution in [1.82, 2.24) is 19.9 Å². The number of hydrogen-bond donors (Lipinski definition) is 2. The van der Waals surface area contributed by atoms with Crippen LogP contribution in [0.15, 0.2) is 43.0 Å². The Morgan fingerprint density at radius 2 is 2.05 bits per heavy atom. The number of para-hydroxylation sites is 1. The van der Waals surface area contributed by atoms with Gasteiger partial charge < -0.3 is 15.2 Å². The smallest absolute Gasteiger partial charge is 0.249 e. The van der Waals surface area contributed by atoms with Crippen LogP contribution in [0.25, 0.3) is 11.2 Å². The van der Waals surface area contributed by atoms with Gasteiger partial charge in [0.25, 0.3) is 0 Å². The second-order valence-corrected chi connectivity index (χ2v) is 5.13. The van der Waals surface area contributed by atoms with E-state index in [4.69, 9.17) is 0 Å². The molecular weight excluding hydrogens is 280 g/mol. The molecule has 1 aliphatic heterocycles. The van der Waals surface area contributed by atoms with E-state index in [9.17, 15) is 4.79 Å². The molecule has 1 unspecified atom stereocenters. The number of carbonyl (C=O) groups is 1. The highest BCUT2D eigenvalue weighted by molar-refractivity contribution is 6.01. The number of fused-ring (bicyclic) bond motifs is 1. The van der Waals surface area contributed by atoms with Gasteiger partial charge in [0.1, 0.15) is 17.9 Å². The number of anilines is 2. The molecule has 2 aromatic heterocycles. The number of H-pyrrole nitrogens is 1. The van der Waals surface area contributed by atoms with Crippen LogP contribution in [-0.2, 0) is 4.79 Å². The van der Waals surface area contributed by atoms with Crippen LogP contribution in [0.3, 0.4) is 0 Å². The Morgan fingerprint density at radius 1 is 1.18 bits per heavy atom. The molecule has 1 amide bonds. The molecule has 1 atom stereocenters. The van der Waals surface area contributed by atoms with E-state index in [2.05, 4.69) is 25.3 Å². The molecule has 0 bridgehead atoms. The van der Waals surface area contributed by atoms with E-state index < -0.39 is 0 Å². The first-order chi connectivity index (χ1) is 10.8. The molecule has 3 heterocycles. The molecule has 1 aromatic carbocycles. The number of benzene rings is 1. The zero-order valence-electron chi connectivity index (χ0n) is 11.7. The summed E-state index contributed by atoms with van der Waals surface area (Å²) in [5.41, 5.74) is 2.22. The number of aromatic nitrogens is 4. The van der Waals surface area contributed by atoms with E-state index in [0.717, 1.165) is 12.1 Å². The third-order valence-corrected chi connectivity index (χ3v) is 3.81. The number of aromatic amines is 1. The summed E-state index contributed by atoms with van der Waals surface area (Å²) in [4.78, 5) is 29.7. The number of hydrogen-bond acceptors (Lipinski definition) is 5. The van der Waals surface area contributed by atoms with Gasteiger partial charge in [-0.15, -0.1) is 0 Å². The van der Waals surface area contributed by atoms with E-state index in [1.807, 2.05) is 30.3 Å². The maximum absolute atomic E-state index is 12.6. The predicted octanol–water partition coefficient (Wildman–Crippen LogP) is 1.57. The van der Waals surface area contributed by atoms with Gasteiger partial charge in [0, 0.05) is 12.2 Å². The van der Waals surface area contributed by atoms with Gasteiger partial charge >= 0.3 is 0 Å². The van der Waals surface area contributed by atoms with Crippen LogP contribution < -0.4 is 10.2 Å². The zero-order chi connectivity index (χ0) is 14.9. The summed E-state index contributed by atoms with van der Waals surface area (Å²) in [6.45, 7) is 0.692. The van der Waals surface area contributed by atoms with Crippen molar-refractivity contribution in [2.24, 2.45) is 0 Å². The lowest BCUT2D eigenvalue weighted by Crippen LogP contribution is -2.33. The summed E-state index contributed by atoms with van der Waals surface area (Å²) in [7, 11) is 0. The quantitative estimate of drug-likeness (QED) is 0.765. The summed E-state index contributed by atoms with van der Waals surface area (Å²) in [6.07, 6.45) is 3.74. The molecule has 0 spiro atoms. The average Bonchev–Trinajstić information content (AvgIpc) is 3.16. The van der Waals surface area contributed by atoms with Gasteiger partial charge in [0.05, 0.1) is 6.33 Å². The Labute approximate surface area is 126 Å². The van der Waals surface area contributed by atoms with Gasteiger partial charge in [-0.05, 0) is 18.6 Å². The first-order valence-electron chi connectivity index (χ1n) is 7.10. The number of rotatable bonds is 3. The highest BCUT2D eigenvalue weighted by Gasteiger charge is 2.33. The highest BCUT2D eigenvalue weighted by Crippen LogP contribution is 2.24. The third kappa shape index (κ3) is 2.07. The van der Waals surface area contributed by atoms with E-state index in [1.54, 1.807) is 11.2 Å².